The third-order valence-electron chi connectivity index (χ3n) is 7.99. The summed E-state index contributed by atoms with van der Waals surface area (Å²) in [6, 6.07) is 30.9. The molecule has 8 heteroatoms. The number of rotatable bonds is 5. The highest BCUT2D eigenvalue weighted by Gasteiger charge is 2.60. The van der Waals surface area contributed by atoms with Crippen molar-refractivity contribution in [2.24, 2.45) is 11.7 Å². The SMILES string of the molecule is NC(=O)c1ccc(CN2OC3C(=O)N(c4ccccc4)C(=O)C3C2c2c3ccccc3c(Cl)c3ccccc23)cc1. The van der Waals surface area contributed by atoms with Gasteiger partial charge in [0.15, 0.2) is 6.10 Å². The van der Waals surface area contributed by atoms with Crippen LogP contribution in [0.3, 0.4) is 0 Å². The van der Waals surface area contributed by atoms with E-state index >= 15 is 0 Å². The zero-order valence-corrected chi connectivity index (χ0v) is 22.5. The number of nitrogens with two attached hydrogens (primary N) is 1. The van der Waals surface area contributed by atoms with Gasteiger partial charge in [0.1, 0.15) is 0 Å². The molecule has 7 nitrogen and oxygen atoms in total. The normalized spacial score (nSPS) is 20.7. The number of primary amides is 1. The minimum atomic E-state index is -0.995. The van der Waals surface area contributed by atoms with E-state index in [-0.39, 0.29) is 12.5 Å². The molecule has 0 spiro atoms. The van der Waals surface area contributed by atoms with Crippen molar-refractivity contribution < 1.29 is 19.2 Å². The van der Waals surface area contributed by atoms with Crippen LogP contribution in [0, 0.1) is 5.92 Å². The number of para-hydroxylation sites is 1. The van der Waals surface area contributed by atoms with Gasteiger partial charge >= 0.3 is 0 Å². The van der Waals surface area contributed by atoms with Crippen molar-refractivity contribution in [2.75, 3.05) is 4.90 Å². The molecule has 5 aromatic carbocycles. The van der Waals surface area contributed by atoms with E-state index in [1.807, 2.05) is 54.6 Å². The van der Waals surface area contributed by atoms with Gasteiger partial charge in [-0.15, -0.1) is 0 Å². The van der Waals surface area contributed by atoms with Gasteiger partial charge in [0.05, 0.1) is 22.7 Å². The number of hydrogen-bond donors (Lipinski definition) is 1. The zero-order chi connectivity index (χ0) is 28.2. The van der Waals surface area contributed by atoms with E-state index < -0.39 is 29.9 Å². The van der Waals surface area contributed by atoms with Gasteiger partial charge < -0.3 is 5.73 Å². The van der Waals surface area contributed by atoms with Crippen LogP contribution in [0.25, 0.3) is 21.5 Å². The minimum Gasteiger partial charge on any atom is -0.366 e. The third-order valence-corrected chi connectivity index (χ3v) is 8.40. The molecular formula is C33H24ClN3O4. The summed E-state index contributed by atoms with van der Waals surface area (Å²) in [5, 5.41) is 5.84. The van der Waals surface area contributed by atoms with Crippen LogP contribution < -0.4 is 10.6 Å². The van der Waals surface area contributed by atoms with Crippen molar-refractivity contribution in [2.45, 2.75) is 18.7 Å². The summed E-state index contributed by atoms with van der Waals surface area (Å²) in [6.07, 6.45) is -0.995. The van der Waals surface area contributed by atoms with Gasteiger partial charge in [0, 0.05) is 22.9 Å². The molecule has 2 N–H and O–H groups in total. The lowest BCUT2D eigenvalue weighted by molar-refractivity contribution is -0.177. The Kier molecular flexibility index (Phi) is 6.08. The fourth-order valence-corrected chi connectivity index (χ4v) is 6.47. The standard InChI is InChI=1S/C33H24ClN3O4/c34-28-24-12-6-4-10-22(24)26(23-11-5-7-13-25(23)28)29-27-30(33(40)37(32(27)39)21-8-2-1-3-9-21)41-36(29)18-19-14-16-20(17-15-19)31(35)38/h1-17,27,29-30H,18H2,(H2,35,38). The molecule has 7 rings (SSSR count). The lowest BCUT2D eigenvalue weighted by atomic mass is 9.84. The van der Waals surface area contributed by atoms with Crippen molar-refractivity contribution in [3.05, 3.63) is 125 Å². The zero-order valence-electron chi connectivity index (χ0n) is 21.7. The average Bonchev–Trinajstić information content (AvgIpc) is 3.48. The molecule has 0 aliphatic carbocycles. The van der Waals surface area contributed by atoms with Gasteiger partial charge in [0.2, 0.25) is 11.8 Å². The van der Waals surface area contributed by atoms with Crippen LogP contribution in [-0.2, 0) is 21.0 Å². The Morgan fingerprint density at radius 1 is 0.756 bits per heavy atom. The minimum absolute atomic E-state index is 0.272. The second-order valence-corrected chi connectivity index (χ2v) is 10.7. The number of halogens is 1. The molecule has 202 valence electrons. The maximum atomic E-state index is 14.2. The van der Waals surface area contributed by atoms with E-state index in [9.17, 15) is 14.4 Å². The second-order valence-electron chi connectivity index (χ2n) is 10.3. The Hall–Kier alpha value is -4.56. The number of hydrogen-bond acceptors (Lipinski definition) is 5. The smallest absolute Gasteiger partial charge is 0.265 e. The first-order chi connectivity index (χ1) is 19.9. The molecule has 0 bridgehead atoms. The van der Waals surface area contributed by atoms with E-state index in [1.54, 1.807) is 53.6 Å². The maximum Gasteiger partial charge on any atom is 0.265 e. The number of hydroxylamine groups is 2. The first-order valence-corrected chi connectivity index (χ1v) is 13.7. The van der Waals surface area contributed by atoms with Crippen LogP contribution in [-0.4, -0.2) is 28.9 Å². The number of nitrogens with zero attached hydrogens (tertiary/aromatic N) is 2. The molecule has 3 amide bonds. The highest BCUT2D eigenvalue weighted by molar-refractivity contribution is 6.41. The largest absolute Gasteiger partial charge is 0.366 e. The molecule has 3 unspecified atom stereocenters. The predicted molar refractivity (Wildman–Crippen MR) is 157 cm³/mol. The van der Waals surface area contributed by atoms with Crippen molar-refractivity contribution in [3.8, 4) is 0 Å². The molecule has 2 heterocycles. The third kappa shape index (κ3) is 4.01. The monoisotopic (exact) mass is 561 g/mol. The van der Waals surface area contributed by atoms with Crippen LogP contribution in [0.15, 0.2) is 103 Å². The van der Waals surface area contributed by atoms with E-state index in [4.69, 9.17) is 22.2 Å². The van der Waals surface area contributed by atoms with Crippen LogP contribution in [0.4, 0.5) is 5.69 Å². The highest BCUT2D eigenvalue weighted by Crippen LogP contribution is 2.51. The number of benzene rings is 5. The van der Waals surface area contributed by atoms with Crippen molar-refractivity contribution in [1.82, 2.24) is 5.06 Å². The molecule has 0 saturated carbocycles. The summed E-state index contributed by atoms with van der Waals surface area (Å²) in [6.45, 7) is 0.272. The fourth-order valence-electron chi connectivity index (χ4n) is 6.14. The van der Waals surface area contributed by atoms with Gasteiger partial charge in [-0.05, 0) is 46.2 Å². The van der Waals surface area contributed by atoms with Crippen molar-refractivity contribution in [3.63, 3.8) is 0 Å². The molecule has 2 saturated heterocycles. The number of fused-ring (bicyclic) bond motifs is 3. The molecule has 41 heavy (non-hydrogen) atoms. The van der Waals surface area contributed by atoms with Crippen LogP contribution in [0.2, 0.25) is 5.02 Å². The Balaban J connectivity index is 1.42. The van der Waals surface area contributed by atoms with E-state index in [1.165, 1.54) is 4.90 Å². The van der Waals surface area contributed by atoms with Gasteiger partial charge in [-0.2, -0.15) is 5.06 Å². The second kappa shape index (κ2) is 9.82. The highest BCUT2D eigenvalue weighted by atomic mass is 35.5. The van der Waals surface area contributed by atoms with Gasteiger partial charge in [-0.3, -0.25) is 19.2 Å². The topological polar surface area (TPSA) is 92.9 Å². The summed E-state index contributed by atoms with van der Waals surface area (Å²) in [5.41, 5.74) is 8.05. The van der Waals surface area contributed by atoms with Gasteiger partial charge in [-0.25, -0.2) is 4.90 Å². The quantitative estimate of drug-likeness (QED) is 0.216. The Bertz CT molecular complexity index is 1800. The van der Waals surface area contributed by atoms with E-state index in [0.717, 1.165) is 32.7 Å². The fraction of sp³-hybridized carbons (Fsp3) is 0.121. The van der Waals surface area contributed by atoms with Crippen molar-refractivity contribution >= 4 is 56.6 Å². The first kappa shape index (κ1) is 25.4. The average molecular weight is 562 g/mol. The number of carbonyl (C=O) groups is 3. The summed E-state index contributed by atoms with van der Waals surface area (Å²) >= 11 is 6.91. The summed E-state index contributed by atoms with van der Waals surface area (Å²) < 4.78 is 0. The number of imide groups is 1. The Morgan fingerprint density at radius 3 is 1.90 bits per heavy atom. The lowest BCUT2D eigenvalue weighted by Gasteiger charge is -2.29. The Labute approximate surface area is 240 Å². The molecule has 2 fully saturated rings. The number of anilines is 1. The molecule has 0 radical (unpaired) electrons. The molecule has 5 aromatic rings. The first-order valence-electron chi connectivity index (χ1n) is 13.3. The van der Waals surface area contributed by atoms with E-state index in [2.05, 4.69) is 0 Å². The number of amides is 3. The summed E-state index contributed by atoms with van der Waals surface area (Å²) in [4.78, 5) is 47.2. The van der Waals surface area contributed by atoms with Gasteiger partial charge in [-0.1, -0.05) is 90.5 Å². The Morgan fingerprint density at radius 2 is 1.32 bits per heavy atom. The molecule has 0 aromatic heterocycles. The summed E-state index contributed by atoms with van der Waals surface area (Å²) in [7, 11) is 0. The van der Waals surface area contributed by atoms with Crippen LogP contribution in [0.1, 0.15) is 27.5 Å². The summed E-state index contributed by atoms with van der Waals surface area (Å²) in [5.74, 6) is -2.02. The van der Waals surface area contributed by atoms with Gasteiger partial charge in [0.25, 0.3) is 5.91 Å². The molecule has 2 aliphatic heterocycles. The lowest BCUT2D eigenvalue weighted by Crippen LogP contribution is -2.37. The molecule has 2 aliphatic rings. The predicted octanol–water partition coefficient (Wildman–Crippen LogP) is 5.79. The van der Waals surface area contributed by atoms with Crippen LogP contribution in [0.5, 0.6) is 0 Å². The van der Waals surface area contributed by atoms with Crippen LogP contribution >= 0.6 is 11.6 Å². The maximum absolute atomic E-state index is 14.2. The molecule has 3 atom stereocenters. The van der Waals surface area contributed by atoms with Crippen molar-refractivity contribution in [1.29, 1.82) is 0 Å². The molecular weight excluding hydrogens is 538 g/mol. The van der Waals surface area contributed by atoms with E-state index in [0.29, 0.717) is 16.3 Å². The number of carbonyl (C=O) groups excluding carboxylic acids is 3.